The van der Waals surface area contributed by atoms with Gasteiger partial charge < -0.3 is 20.4 Å². The Hall–Kier alpha value is -3.06. The first kappa shape index (κ1) is 25.0. The number of benzene rings is 2. The van der Waals surface area contributed by atoms with Gasteiger partial charge in [-0.15, -0.1) is 0 Å². The lowest BCUT2D eigenvalue weighted by Gasteiger charge is -2.40. The average Bonchev–Trinajstić information content (AvgIpc) is 2.88. The second-order valence-electron chi connectivity index (χ2n) is 9.46. The molecule has 4 rings (SSSR count). The van der Waals surface area contributed by atoms with Gasteiger partial charge in [0.05, 0.1) is 0 Å². The molecule has 0 saturated carbocycles. The molecule has 0 aromatic heterocycles. The number of amides is 4. The molecular weight excluding hydrogens is 464 g/mol. The molecule has 0 radical (unpaired) electrons. The Balaban J connectivity index is 1.43. The van der Waals surface area contributed by atoms with Crippen molar-refractivity contribution < 1.29 is 14.4 Å². The van der Waals surface area contributed by atoms with E-state index >= 15 is 0 Å². The number of nitrogens with one attached hydrogen (secondary N) is 2. The van der Waals surface area contributed by atoms with E-state index in [0.717, 1.165) is 25.8 Å². The summed E-state index contributed by atoms with van der Waals surface area (Å²) < 4.78 is 0. The third-order valence-electron chi connectivity index (χ3n) is 7.05. The van der Waals surface area contributed by atoms with Crippen LogP contribution in [-0.4, -0.2) is 59.4 Å². The Morgan fingerprint density at radius 1 is 0.943 bits per heavy atom. The predicted molar refractivity (Wildman–Crippen MR) is 137 cm³/mol. The summed E-state index contributed by atoms with van der Waals surface area (Å²) in [6.07, 6.45) is 4.35. The second-order valence-corrected chi connectivity index (χ2v) is 9.90. The van der Waals surface area contributed by atoms with Crippen LogP contribution in [0.1, 0.15) is 49.4 Å². The van der Waals surface area contributed by atoms with Crippen molar-refractivity contribution in [3.63, 3.8) is 0 Å². The van der Waals surface area contributed by atoms with Gasteiger partial charge in [-0.25, -0.2) is 4.79 Å². The molecule has 2 N–H and O–H groups in total. The van der Waals surface area contributed by atoms with Crippen LogP contribution in [0.3, 0.4) is 0 Å². The SMILES string of the molecule is CC1CCCCN1C(=O)C(NC(=O)c1ccccc1)C1CCN(C(=O)Nc2cccc(Cl)c2)CC1. The molecule has 2 fully saturated rings. The summed E-state index contributed by atoms with van der Waals surface area (Å²) in [6.45, 7) is 3.82. The molecule has 8 heteroatoms. The van der Waals surface area contributed by atoms with Crippen LogP contribution < -0.4 is 10.6 Å². The predicted octanol–water partition coefficient (Wildman–Crippen LogP) is 4.78. The Morgan fingerprint density at radius 3 is 2.37 bits per heavy atom. The molecule has 2 unspecified atom stereocenters. The van der Waals surface area contributed by atoms with Crippen LogP contribution in [0.15, 0.2) is 54.6 Å². The number of anilines is 1. The molecule has 2 aliphatic heterocycles. The first-order chi connectivity index (χ1) is 16.9. The molecule has 186 valence electrons. The second kappa shape index (κ2) is 11.6. The Morgan fingerprint density at radius 2 is 1.69 bits per heavy atom. The molecule has 2 atom stereocenters. The third kappa shape index (κ3) is 6.34. The number of piperidine rings is 2. The zero-order valence-corrected chi connectivity index (χ0v) is 20.8. The van der Waals surface area contributed by atoms with E-state index in [9.17, 15) is 14.4 Å². The van der Waals surface area contributed by atoms with E-state index in [0.29, 0.717) is 42.2 Å². The van der Waals surface area contributed by atoms with Gasteiger partial charge in [0.1, 0.15) is 6.04 Å². The highest BCUT2D eigenvalue weighted by Crippen LogP contribution is 2.26. The van der Waals surface area contributed by atoms with Crippen molar-refractivity contribution in [1.29, 1.82) is 0 Å². The maximum Gasteiger partial charge on any atom is 0.321 e. The molecule has 4 amide bonds. The molecule has 2 aliphatic rings. The number of urea groups is 1. The summed E-state index contributed by atoms with van der Waals surface area (Å²) in [4.78, 5) is 43.1. The smallest absolute Gasteiger partial charge is 0.321 e. The van der Waals surface area contributed by atoms with Gasteiger partial charge in [-0.05, 0) is 75.3 Å². The quantitative estimate of drug-likeness (QED) is 0.624. The Bertz CT molecular complexity index is 1040. The van der Waals surface area contributed by atoms with Crippen LogP contribution in [-0.2, 0) is 4.79 Å². The Labute approximate surface area is 211 Å². The lowest BCUT2D eigenvalue weighted by Crippen LogP contribution is -2.57. The highest BCUT2D eigenvalue weighted by Gasteiger charge is 2.38. The van der Waals surface area contributed by atoms with E-state index in [1.165, 1.54) is 0 Å². The number of halogens is 1. The van der Waals surface area contributed by atoms with Crippen molar-refractivity contribution in [3.8, 4) is 0 Å². The van der Waals surface area contributed by atoms with Gasteiger partial charge in [-0.3, -0.25) is 9.59 Å². The highest BCUT2D eigenvalue weighted by molar-refractivity contribution is 6.30. The Kier molecular flexibility index (Phi) is 8.29. The number of rotatable bonds is 5. The molecule has 0 bridgehead atoms. The lowest BCUT2D eigenvalue weighted by molar-refractivity contribution is -0.138. The van der Waals surface area contributed by atoms with Gasteiger partial charge in [0, 0.05) is 41.9 Å². The molecule has 0 spiro atoms. The van der Waals surface area contributed by atoms with Crippen molar-refractivity contribution in [2.45, 2.75) is 51.1 Å². The first-order valence-corrected chi connectivity index (χ1v) is 12.8. The molecule has 2 aromatic rings. The lowest BCUT2D eigenvalue weighted by atomic mass is 9.87. The van der Waals surface area contributed by atoms with Crippen LogP contribution >= 0.6 is 11.6 Å². The minimum Gasteiger partial charge on any atom is -0.340 e. The monoisotopic (exact) mass is 496 g/mol. The van der Waals surface area contributed by atoms with Crippen molar-refractivity contribution in [2.24, 2.45) is 5.92 Å². The normalized spacial score (nSPS) is 19.7. The topological polar surface area (TPSA) is 81.8 Å². The molecule has 7 nitrogen and oxygen atoms in total. The number of carbonyl (C=O) groups excluding carboxylic acids is 3. The number of hydrogen-bond donors (Lipinski definition) is 2. The number of nitrogens with zero attached hydrogens (tertiary/aromatic N) is 2. The zero-order valence-electron chi connectivity index (χ0n) is 20.1. The van der Waals surface area contributed by atoms with E-state index in [4.69, 9.17) is 11.6 Å². The van der Waals surface area contributed by atoms with E-state index in [-0.39, 0.29) is 29.8 Å². The number of likely N-dealkylation sites (tertiary alicyclic amines) is 2. The van der Waals surface area contributed by atoms with Gasteiger partial charge in [0.25, 0.3) is 5.91 Å². The summed E-state index contributed by atoms with van der Waals surface area (Å²) in [6, 6.07) is 15.4. The van der Waals surface area contributed by atoms with E-state index in [1.807, 2.05) is 23.1 Å². The van der Waals surface area contributed by atoms with Crippen LogP contribution in [0.5, 0.6) is 0 Å². The standard InChI is InChI=1S/C27H33ClN4O3/c1-19-8-5-6-15-32(19)26(34)24(30-25(33)21-9-3-2-4-10-21)20-13-16-31(17-14-20)27(35)29-23-12-7-11-22(28)18-23/h2-4,7,9-12,18-20,24H,5-6,8,13-17H2,1H3,(H,29,35)(H,30,33). The number of carbonyl (C=O) groups is 3. The molecule has 2 heterocycles. The summed E-state index contributed by atoms with van der Waals surface area (Å²) in [5.74, 6) is -0.294. The fraction of sp³-hybridized carbons (Fsp3) is 0.444. The molecule has 0 aliphatic carbocycles. The largest absolute Gasteiger partial charge is 0.340 e. The third-order valence-corrected chi connectivity index (χ3v) is 7.28. The zero-order chi connectivity index (χ0) is 24.8. The van der Waals surface area contributed by atoms with Gasteiger partial charge in [-0.2, -0.15) is 0 Å². The summed E-state index contributed by atoms with van der Waals surface area (Å²) >= 11 is 6.02. The van der Waals surface area contributed by atoms with Gasteiger partial charge in [-0.1, -0.05) is 35.9 Å². The van der Waals surface area contributed by atoms with Crippen LogP contribution in [0.2, 0.25) is 5.02 Å². The van der Waals surface area contributed by atoms with Gasteiger partial charge >= 0.3 is 6.03 Å². The number of hydrogen-bond acceptors (Lipinski definition) is 3. The van der Waals surface area contributed by atoms with Crippen LogP contribution in [0.4, 0.5) is 10.5 Å². The van der Waals surface area contributed by atoms with Crippen molar-refractivity contribution in [2.75, 3.05) is 25.0 Å². The van der Waals surface area contributed by atoms with Crippen molar-refractivity contribution in [3.05, 3.63) is 65.2 Å². The molecule has 2 aromatic carbocycles. The summed E-state index contributed by atoms with van der Waals surface area (Å²) in [5, 5.41) is 6.49. The average molecular weight is 497 g/mol. The van der Waals surface area contributed by atoms with Gasteiger partial charge in [0.2, 0.25) is 5.91 Å². The summed E-state index contributed by atoms with van der Waals surface area (Å²) in [5.41, 5.74) is 1.18. The summed E-state index contributed by atoms with van der Waals surface area (Å²) in [7, 11) is 0. The van der Waals surface area contributed by atoms with E-state index < -0.39 is 6.04 Å². The van der Waals surface area contributed by atoms with Crippen LogP contribution in [0, 0.1) is 5.92 Å². The van der Waals surface area contributed by atoms with E-state index in [2.05, 4.69) is 17.6 Å². The fourth-order valence-electron chi connectivity index (χ4n) is 5.00. The van der Waals surface area contributed by atoms with Crippen molar-refractivity contribution in [1.82, 2.24) is 15.1 Å². The molecule has 35 heavy (non-hydrogen) atoms. The van der Waals surface area contributed by atoms with E-state index in [1.54, 1.807) is 41.3 Å². The molecular formula is C27H33ClN4O3. The first-order valence-electron chi connectivity index (χ1n) is 12.4. The minimum absolute atomic E-state index is 0.0108. The minimum atomic E-state index is -0.610. The van der Waals surface area contributed by atoms with Gasteiger partial charge in [0.15, 0.2) is 0 Å². The maximum absolute atomic E-state index is 13.7. The fourth-order valence-corrected chi connectivity index (χ4v) is 5.19. The van der Waals surface area contributed by atoms with Crippen LogP contribution in [0.25, 0.3) is 0 Å². The van der Waals surface area contributed by atoms with Crippen molar-refractivity contribution >= 4 is 35.1 Å². The molecule has 2 saturated heterocycles. The maximum atomic E-state index is 13.7. The highest BCUT2D eigenvalue weighted by atomic mass is 35.5.